The Hall–Kier alpha value is -2.70. The molecule has 0 aromatic carbocycles. The van der Waals surface area contributed by atoms with Gasteiger partial charge in [0.2, 0.25) is 0 Å². The fourth-order valence-electron chi connectivity index (χ4n) is 5.44. The molecule has 2 heterocycles. The van der Waals surface area contributed by atoms with E-state index in [1.807, 2.05) is 13.8 Å². The van der Waals surface area contributed by atoms with E-state index in [2.05, 4.69) is 16.2 Å². The van der Waals surface area contributed by atoms with Gasteiger partial charge in [-0.15, -0.1) is 0 Å². The van der Waals surface area contributed by atoms with Gasteiger partial charge in [-0.05, 0) is 51.2 Å². The molecule has 9 nitrogen and oxygen atoms in total. The lowest BCUT2D eigenvalue weighted by atomic mass is 9.71. The predicted molar refractivity (Wildman–Crippen MR) is 116 cm³/mol. The van der Waals surface area contributed by atoms with Crippen molar-refractivity contribution in [2.75, 3.05) is 12.3 Å². The van der Waals surface area contributed by atoms with Crippen molar-refractivity contribution < 1.29 is 19.7 Å². The highest BCUT2D eigenvalue weighted by atomic mass is 16.5. The molecule has 0 aliphatic heterocycles. The summed E-state index contributed by atoms with van der Waals surface area (Å²) < 4.78 is 7.13. The fraction of sp³-hybridized carbons (Fsp3) is 0.652. The summed E-state index contributed by atoms with van der Waals surface area (Å²) in [5.41, 5.74) is 4.82. The second kappa shape index (κ2) is 8.34. The highest BCUT2D eigenvalue weighted by Gasteiger charge is 2.56. The number of esters is 1. The number of nitrogens with zero attached hydrogens (tertiary/aromatic N) is 4. The lowest BCUT2D eigenvalue weighted by Gasteiger charge is -2.35. The molecule has 0 spiro atoms. The Bertz CT molecular complexity index is 1040. The molecule has 2 fully saturated rings. The molecule has 0 bridgehead atoms. The van der Waals surface area contributed by atoms with Crippen LogP contribution in [0.4, 0.5) is 5.82 Å². The van der Waals surface area contributed by atoms with E-state index in [-0.39, 0.29) is 30.7 Å². The molecule has 4 rings (SSSR count). The van der Waals surface area contributed by atoms with Gasteiger partial charge >= 0.3 is 5.97 Å². The smallest absolute Gasteiger partial charge is 0.311 e. The van der Waals surface area contributed by atoms with E-state index < -0.39 is 29.0 Å². The third-order valence-electron chi connectivity index (χ3n) is 7.61. The Kier molecular flexibility index (Phi) is 5.86. The average molecular weight is 442 g/mol. The molecule has 0 radical (unpaired) electrons. The normalized spacial score (nSPS) is 29.2. The van der Waals surface area contributed by atoms with Crippen molar-refractivity contribution in [2.24, 2.45) is 17.3 Å². The van der Waals surface area contributed by atoms with Gasteiger partial charge in [0.1, 0.15) is 23.4 Å². The summed E-state index contributed by atoms with van der Waals surface area (Å²) in [5, 5.41) is 35.9. The monoisotopic (exact) mass is 441 g/mol. The fourth-order valence-corrected chi connectivity index (χ4v) is 5.44. The molecule has 2 aromatic rings. The minimum absolute atomic E-state index is 0.0585. The molecular weight excluding hydrogens is 410 g/mol. The maximum atomic E-state index is 12.9. The third-order valence-corrected chi connectivity index (χ3v) is 7.61. The highest BCUT2D eigenvalue weighted by Crippen LogP contribution is 2.45. The van der Waals surface area contributed by atoms with Crippen LogP contribution in [0.3, 0.4) is 0 Å². The van der Waals surface area contributed by atoms with Gasteiger partial charge in [0, 0.05) is 5.92 Å². The lowest BCUT2D eigenvalue weighted by Crippen LogP contribution is -2.40. The zero-order valence-electron chi connectivity index (χ0n) is 18.6. The molecule has 0 unspecified atom stereocenters. The number of hydrogen-bond donors (Lipinski definition) is 3. The second-order valence-corrected chi connectivity index (χ2v) is 9.80. The number of nitrogen functional groups attached to an aromatic ring is 1. The number of nitrogens with two attached hydrogens (primary N) is 1. The second-order valence-electron chi connectivity index (χ2n) is 9.80. The molecule has 32 heavy (non-hydrogen) atoms. The van der Waals surface area contributed by atoms with Gasteiger partial charge in [-0.3, -0.25) is 4.79 Å². The minimum atomic E-state index is -1.41. The van der Waals surface area contributed by atoms with Crippen LogP contribution >= 0.6 is 0 Å². The van der Waals surface area contributed by atoms with Gasteiger partial charge in [0.25, 0.3) is 0 Å². The van der Waals surface area contributed by atoms with Crippen LogP contribution in [0.1, 0.15) is 58.1 Å². The summed E-state index contributed by atoms with van der Waals surface area (Å²) in [6.07, 6.45) is 4.29. The Labute approximate surface area is 187 Å². The summed E-state index contributed by atoms with van der Waals surface area (Å²) >= 11 is 0. The Balaban J connectivity index is 1.53. The van der Waals surface area contributed by atoms with Gasteiger partial charge in [0.15, 0.2) is 5.82 Å². The van der Waals surface area contributed by atoms with E-state index in [1.165, 1.54) is 17.3 Å². The van der Waals surface area contributed by atoms with Crippen LogP contribution in [0.25, 0.3) is 5.52 Å². The summed E-state index contributed by atoms with van der Waals surface area (Å²) in [7, 11) is 0. The molecule has 4 atom stereocenters. The van der Waals surface area contributed by atoms with Gasteiger partial charge in [-0.1, -0.05) is 19.3 Å². The number of aliphatic hydroxyl groups excluding tert-OH is 2. The molecule has 2 aliphatic rings. The van der Waals surface area contributed by atoms with Crippen LogP contribution in [0.15, 0.2) is 18.5 Å². The number of carbonyl (C=O) groups excluding carboxylic acids is 1. The van der Waals surface area contributed by atoms with Gasteiger partial charge in [-0.2, -0.15) is 10.4 Å². The van der Waals surface area contributed by atoms with Crippen molar-refractivity contribution in [1.82, 2.24) is 14.6 Å². The van der Waals surface area contributed by atoms with Crippen molar-refractivity contribution in [2.45, 2.75) is 70.0 Å². The number of ether oxygens (including phenoxy) is 1. The summed E-state index contributed by atoms with van der Waals surface area (Å²) in [4.78, 5) is 16.9. The molecule has 0 saturated heterocycles. The number of carbonyl (C=O) groups is 1. The molecule has 172 valence electrons. The molecular formula is C23H31N5O4. The van der Waals surface area contributed by atoms with Crippen LogP contribution in [0.2, 0.25) is 0 Å². The van der Waals surface area contributed by atoms with Crippen molar-refractivity contribution in [3.63, 3.8) is 0 Å². The predicted octanol–water partition coefficient (Wildman–Crippen LogP) is 1.96. The number of anilines is 1. The molecule has 2 saturated carbocycles. The Morgan fingerprint density at radius 1 is 1.34 bits per heavy atom. The Morgan fingerprint density at radius 2 is 2.06 bits per heavy atom. The SMILES string of the molecule is CC(C)(C(=O)OC[C@H]1C[C@@](C#N)(c2ccc3c(N)ncnn23)[C@H](O)[C@@H]1O)C1CCCCC1. The molecule has 9 heteroatoms. The molecule has 4 N–H and O–H groups in total. The number of hydrogen-bond acceptors (Lipinski definition) is 8. The van der Waals surface area contributed by atoms with Crippen molar-refractivity contribution in [3.8, 4) is 6.07 Å². The summed E-state index contributed by atoms with van der Waals surface area (Å²) in [6, 6.07) is 5.55. The first kappa shape index (κ1) is 22.5. The minimum Gasteiger partial charge on any atom is -0.465 e. The van der Waals surface area contributed by atoms with Crippen molar-refractivity contribution >= 4 is 17.3 Å². The number of aliphatic hydroxyl groups is 2. The van der Waals surface area contributed by atoms with E-state index in [0.717, 1.165) is 25.7 Å². The number of rotatable bonds is 5. The van der Waals surface area contributed by atoms with Gasteiger partial charge < -0.3 is 20.7 Å². The summed E-state index contributed by atoms with van der Waals surface area (Å²) in [5.74, 6) is -0.351. The first-order chi connectivity index (χ1) is 15.2. The largest absolute Gasteiger partial charge is 0.465 e. The van der Waals surface area contributed by atoms with Crippen molar-refractivity contribution in [1.29, 1.82) is 5.26 Å². The quantitative estimate of drug-likeness (QED) is 0.597. The van der Waals surface area contributed by atoms with Crippen LogP contribution < -0.4 is 5.73 Å². The maximum absolute atomic E-state index is 12.9. The van der Waals surface area contributed by atoms with Crippen LogP contribution in [0.5, 0.6) is 0 Å². The van der Waals surface area contributed by atoms with E-state index >= 15 is 0 Å². The maximum Gasteiger partial charge on any atom is 0.311 e. The average Bonchev–Trinajstić information content (AvgIpc) is 3.34. The first-order valence-corrected chi connectivity index (χ1v) is 11.3. The van der Waals surface area contributed by atoms with E-state index in [0.29, 0.717) is 11.2 Å². The van der Waals surface area contributed by atoms with Crippen LogP contribution in [0, 0.1) is 28.6 Å². The number of nitriles is 1. The van der Waals surface area contributed by atoms with Crippen LogP contribution in [-0.4, -0.2) is 49.6 Å². The molecule has 2 aromatic heterocycles. The van der Waals surface area contributed by atoms with Crippen molar-refractivity contribution in [3.05, 3.63) is 24.2 Å². The zero-order chi connectivity index (χ0) is 23.1. The molecule has 2 aliphatic carbocycles. The topological polar surface area (TPSA) is 147 Å². The zero-order valence-corrected chi connectivity index (χ0v) is 18.6. The lowest BCUT2D eigenvalue weighted by molar-refractivity contribution is -0.160. The van der Waals surface area contributed by atoms with E-state index in [1.54, 1.807) is 12.1 Å². The van der Waals surface area contributed by atoms with Crippen LogP contribution in [-0.2, 0) is 14.9 Å². The van der Waals surface area contributed by atoms with E-state index in [4.69, 9.17) is 10.5 Å². The van der Waals surface area contributed by atoms with Gasteiger partial charge in [0.05, 0.1) is 29.9 Å². The number of fused-ring (bicyclic) bond motifs is 1. The van der Waals surface area contributed by atoms with E-state index in [9.17, 15) is 20.3 Å². The Morgan fingerprint density at radius 3 is 2.75 bits per heavy atom. The standard InChI is InChI=1S/C23H31N5O4/c1-22(2,15-6-4-3-5-7-15)21(31)32-11-14-10-23(12-24,19(30)18(14)29)17-9-8-16-20(25)26-13-27-28(16)17/h8-9,13-15,18-19,29-30H,3-7,10-11H2,1-2H3,(H2,25,26,27)/t14-,18-,19-,23-/m1/s1. The number of aromatic nitrogens is 3. The molecule has 0 amide bonds. The van der Waals surface area contributed by atoms with Gasteiger partial charge in [-0.25, -0.2) is 9.50 Å². The first-order valence-electron chi connectivity index (χ1n) is 11.3. The highest BCUT2D eigenvalue weighted by molar-refractivity contribution is 5.76. The summed E-state index contributed by atoms with van der Waals surface area (Å²) in [6.45, 7) is 3.78. The third kappa shape index (κ3) is 3.51.